The van der Waals surface area contributed by atoms with Crippen LogP contribution < -0.4 is 0 Å². The molecule has 0 amide bonds. The highest BCUT2D eigenvalue weighted by Crippen LogP contribution is 2.28. The molecule has 0 saturated carbocycles. The van der Waals surface area contributed by atoms with Crippen molar-refractivity contribution in [2.75, 3.05) is 0 Å². The fraction of sp³-hybridized carbons (Fsp3) is 0.0667. The average molecular weight is 349 g/mol. The molecule has 1 aromatic heterocycles. The van der Waals surface area contributed by atoms with E-state index in [2.05, 4.69) is 27.6 Å². The van der Waals surface area contributed by atoms with Crippen LogP contribution >= 0.6 is 22.6 Å². The second-order valence-electron chi connectivity index (χ2n) is 4.24. The average Bonchev–Trinajstić information content (AvgIpc) is 2.82. The Kier molecular flexibility index (Phi) is 3.09. The van der Waals surface area contributed by atoms with Gasteiger partial charge in [0, 0.05) is 26.2 Å². The van der Waals surface area contributed by atoms with Gasteiger partial charge in [-0.1, -0.05) is 30.3 Å². The Labute approximate surface area is 119 Å². The Bertz CT molecular complexity index is 672. The van der Waals surface area contributed by atoms with E-state index in [0.29, 0.717) is 0 Å². The molecule has 0 fully saturated rings. The maximum absolute atomic E-state index is 10.4. The molecule has 18 heavy (non-hydrogen) atoms. The molecule has 0 aliphatic carbocycles. The van der Waals surface area contributed by atoms with Crippen LogP contribution in [0.1, 0.15) is 17.2 Å². The van der Waals surface area contributed by atoms with E-state index >= 15 is 0 Å². The van der Waals surface area contributed by atoms with E-state index in [1.54, 1.807) is 0 Å². The van der Waals surface area contributed by atoms with Crippen LogP contribution in [0.3, 0.4) is 0 Å². The van der Waals surface area contributed by atoms with E-state index in [1.165, 1.54) is 3.57 Å². The number of aliphatic hydroxyl groups is 1. The van der Waals surface area contributed by atoms with E-state index in [-0.39, 0.29) is 0 Å². The number of halogens is 1. The van der Waals surface area contributed by atoms with Crippen LogP contribution in [0.5, 0.6) is 0 Å². The monoisotopic (exact) mass is 349 g/mol. The Morgan fingerprint density at radius 1 is 1.00 bits per heavy atom. The third-order valence-electron chi connectivity index (χ3n) is 3.10. The molecule has 2 nitrogen and oxygen atoms in total. The van der Waals surface area contributed by atoms with Gasteiger partial charge in [0.1, 0.15) is 6.10 Å². The van der Waals surface area contributed by atoms with Crippen molar-refractivity contribution in [2.45, 2.75) is 6.10 Å². The number of rotatable bonds is 2. The molecular weight excluding hydrogens is 337 g/mol. The predicted octanol–water partition coefficient (Wildman–Crippen LogP) is 3.85. The third kappa shape index (κ3) is 2.04. The molecule has 0 aliphatic rings. The summed E-state index contributed by atoms with van der Waals surface area (Å²) in [4.78, 5) is 3.19. The smallest absolute Gasteiger partial charge is 0.106 e. The minimum absolute atomic E-state index is 0.585. The van der Waals surface area contributed by atoms with Gasteiger partial charge in [0.2, 0.25) is 0 Å². The normalized spacial score (nSPS) is 12.8. The number of para-hydroxylation sites is 1. The predicted molar refractivity (Wildman–Crippen MR) is 81.5 cm³/mol. The van der Waals surface area contributed by atoms with E-state index in [1.807, 2.05) is 54.7 Å². The maximum Gasteiger partial charge on any atom is 0.106 e. The molecule has 0 aliphatic heterocycles. The first kappa shape index (κ1) is 11.7. The first-order valence-electron chi connectivity index (χ1n) is 5.75. The van der Waals surface area contributed by atoms with Gasteiger partial charge in [-0.2, -0.15) is 0 Å². The van der Waals surface area contributed by atoms with Crippen molar-refractivity contribution in [1.29, 1.82) is 0 Å². The molecule has 1 heterocycles. The molecular formula is C15H12INO. The summed E-state index contributed by atoms with van der Waals surface area (Å²) in [5.41, 5.74) is 2.89. The first-order valence-corrected chi connectivity index (χ1v) is 6.83. The number of aliphatic hydroxyl groups excluding tert-OH is 1. The summed E-state index contributed by atoms with van der Waals surface area (Å²) >= 11 is 2.26. The van der Waals surface area contributed by atoms with Gasteiger partial charge in [-0.25, -0.2) is 0 Å². The number of aromatic nitrogens is 1. The van der Waals surface area contributed by atoms with Gasteiger partial charge in [0.15, 0.2) is 0 Å². The summed E-state index contributed by atoms with van der Waals surface area (Å²) in [6.07, 6.45) is 1.30. The van der Waals surface area contributed by atoms with Crippen LogP contribution in [0.4, 0.5) is 0 Å². The number of hydrogen-bond donors (Lipinski definition) is 2. The number of H-pyrrole nitrogens is 1. The SMILES string of the molecule is OC(c1ccc(I)cc1)c1c[nH]c2ccccc12. The Morgan fingerprint density at radius 3 is 2.50 bits per heavy atom. The van der Waals surface area contributed by atoms with Crippen LogP contribution in [0, 0.1) is 3.57 Å². The van der Waals surface area contributed by atoms with Gasteiger partial charge in [-0.3, -0.25) is 0 Å². The van der Waals surface area contributed by atoms with Crippen LogP contribution in [0.2, 0.25) is 0 Å². The zero-order valence-corrected chi connectivity index (χ0v) is 11.8. The summed E-state index contributed by atoms with van der Waals surface area (Å²) in [7, 11) is 0. The number of aromatic amines is 1. The van der Waals surface area contributed by atoms with Gasteiger partial charge >= 0.3 is 0 Å². The van der Waals surface area contributed by atoms with Crippen molar-refractivity contribution in [2.24, 2.45) is 0 Å². The molecule has 0 radical (unpaired) electrons. The number of fused-ring (bicyclic) bond motifs is 1. The van der Waals surface area contributed by atoms with Crippen molar-refractivity contribution < 1.29 is 5.11 Å². The number of hydrogen-bond acceptors (Lipinski definition) is 1. The Hall–Kier alpha value is -1.33. The molecule has 0 spiro atoms. The molecule has 90 valence electrons. The lowest BCUT2D eigenvalue weighted by molar-refractivity contribution is 0.222. The molecule has 0 saturated heterocycles. The van der Waals surface area contributed by atoms with Crippen molar-refractivity contribution >= 4 is 33.5 Å². The van der Waals surface area contributed by atoms with Gasteiger partial charge in [-0.15, -0.1) is 0 Å². The van der Waals surface area contributed by atoms with Crippen molar-refractivity contribution in [3.8, 4) is 0 Å². The van der Waals surface area contributed by atoms with Crippen molar-refractivity contribution in [1.82, 2.24) is 4.98 Å². The summed E-state index contributed by atoms with van der Waals surface area (Å²) in [6.45, 7) is 0. The van der Waals surface area contributed by atoms with E-state index in [4.69, 9.17) is 0 Å². The minimum Gasteiger partial charge on any atom is -0.384 e. The molecule has 1 unspecified atom stereocenters. The van der Waals surface area contributed by atoms with Gasteiger partial charge < -0.3 is 10.1 Å². The van der Waals surface area contributed by atoms with Gasteiger partial charge in [-0.05, 0) is 46.4 Å². The summed E-state index contributed by atoms with van der Waals surface area (Å²) < 4.78 is 1.17. The Balaban J connectivity index is 2.06. The highest BCUT2D eigenvalue weighted by molar-refractivity contribution is 14.1. The van der Waals surface area contributed by atoms with Crippen LogP contribution in [-0.4, -0.2) is 10.1 Å². The van der Waals surface area contributed by atoms with E-state index < -0.39 is 6.10 Å². The van der Waals surface area contributed by atoms with E-state index in [0.717, 1.165) is 22.0 Å². The lowest BCUT2D eigenvalue weighted by Gasteiger charge is -2.10. The van der Waals surface area contributed by atoms with Crippen LogP contribution in [-0.2, 0) is 0 Å². The lowest BCUT2D eigenvalue weighted by Crippen LogP contribution is -1.98. The number of nitrogens with one attached hydrogen (secondary N) is 1. The second kappa shape index (κ2) is 4.74. The quantitative estimate of drug-likeness (QED) is 0.678. The third-order valence-corrected chi connectivity index (χ3v) is 3.82. The van der Waals surface area contributed by atoms with Gasteiger partial charge in [0.05, 0.1) is 0 Å². The summed E-state index contributed by atoms with van der Waals surface area (Å²) in [5.74, 6) is 0. The lowest BCUT2D eigenvalue weighted by atomic mass is 10.0. The minimum atomic E-state index is -0.585. The molecule has 3 heteroatoms. The maximum atomic E-state index is 10.4. The molecule has 2 aromatic carbocycles. The fourth-order valence-corrected chi connectivity index (χ4v) is 2.50. The highest BCUT2D eigenvalue weighted by atomic mass is 127. The zero-order chi connectivity index (χ0) is 12.5. The number of benzene rings is 2. The van der Waals surface area contributed by atoms with E-state index in [9.17, 15) is 5.11 Å². The Morgan fingerprint density at radius 2 is 1.72 bits per heavy atom. The molecule has 2 N–H and O–H groups in total. The van der Waals surface area contributed by atoms with Crippen molar-refractivity contribution in [3.63, 3.8) is 0 Å². The molecule has 3 rings (SSSR count). The largest absolute Gasteiger partial charge is 0.384 e. The zero-order valence-electron chi connectivity index (χ0n) is 9.60. The topological polar surface area (TPSA) is 36.0 Å². The van der Waals surface area contributed by atoms with Crippen LogP contribution in [0.25, 0.3) is 10.9 Å². The van der Waals surface area contributed by atoms with Crippen molar-refractivity contribution in [3.05, 3.63) is 69.4 Å². The molecule has 0 bridgehead atoms. The van der Waals surface area contributed by atoms with Gasteiger partial charge in [0.25, 0.3) is 0 Å². The summed E-state index contributed by atoms with van der Waals surface area (Å²) in [6, 6.07) is 16.0. The second-order valence-corrected chi connectivity index (χ2v) is 5.49. The van der Waals surface area contributed by atoms with Crippen LogP contribution in [0.15, 0.2) is 54.7 Å². The summed E-state index contributed by atoms with van der Waals surface area (Å²) in [5, 5.41) is 11.5. The highest BCUT2D eigenvalue weighted by Gasteiger charge is 2.14. The fourth-order valence-electron chi connectivity index (χ4n) is 2.14. The molecule has 1 atom stereocenters. The molecule has 3 aromatic rings. The first-order chi connectivity index (χ1) is 8.75. The standard InChI is InChI=1S/C15H12INO/c16-11-7-5-10(6-8-11)15(18)13-9-17-14-4-2-1-3-12(13)14/h1-9,15,17-18H.